The quantitative estimate of drug-likeness (QED) is 0.827. The van der Waals surface area contributed by atoms with Gasteiger partial charge in [-0.15, -0.1) is 0 Å². The maximum atomic E-state index is 12.9. The lowest BCUT2D eigenvalue weighted by Gasteiger charge is -2.34. The molecule has 112 valence electrons. The molecule has 0 unspecified atom stereocenters. The van der Waals surface area contributed by atoms with Gasteiger partial charge in [0.25, 0.3) is 5.91 Å². The predicted octanol–water partition coefficient (Wildman–Crippen LogP) is 3.76. The van der Waals surface area contributed by atoms with E-state index in [-0.39, 0.29) is 22.6 Å². The Morgan fingerprint density at radius 3 is 2.48 bits per heavy atom. The van der Waals surface area contributed by atoms with Crippen LogP contribution in [0.5, 0.6) is 0 Å². The molecule has 2 bridgehead atoms. The van der Waals surface area contributed by atoms with Crippen molar-refractivity contribution in [2.24, 2.45) is 21.8 Å². The van der Waals surface area contributed by atoms with Gasteiger partial charge in [-0.2, -0.15) is 5.10 Å². The summed E-state index contributed by atoms with van der Waals surface area (Å²) in [6.07, 6.45) is 3.34. The van der Waals surface area contributed by atoms with Crippen LogP contribution in [-0.2, 0) is 0 Å². The fourth-order valence-electron chi connectivity index (χ4n) is 3.88. The molecule has 1 N–H and O–H groups in total. The van der Waals surface area contributed by atoms with Crippen LogP contribution in [0.4, 0.5) is 4.39 Å². The van der Waals surface area contributed by atoms with Crippen LogP contribution in [-0.4, -0.2) is 11.6 Å². The number of halogens is 1. The molecule has 1 amide bonds. The molecule has 3 rings (SSSR count). The fourth-order valence-corrected chi connectivity index (χ4v) is 3.88. The Labute approximate surface area is 124 Å². The van der Waals surface area contributed by atoms with Crippen molar-refractivity contribution < 1.29 is 9.18 Å². The van der Waals surface area contributed by atoms with Gasteiger partial charge in [0.1, 0.15) is 5.82 Å². The van der Waals surface area contributed by atoms with Crippen LogP contribution in [0.1, 0.15) is 50.4 Å². The third kappa shape index (κ3) is 2.08. The van der Waals surface area contributed by atoms with E-state index in [1.54, 1.807) is 0 Å². The van der Waals surface area contributed by atoms with Crippen LogP contribution in [0.15, 0.2) is 29.4 Å². The Kier molecular flexibility index (Phi) is 3.15. The van der Waals surface area contributed by atoms with Gasteiger partial charge in [-0.3, -0.25) is 4.79 Å². The van der Waals surface area contributed by atoms with Crippen molar-refractivity contribution in [2.75, 3.05) is 0 Å². The van der Waals surface area contributed by atoms with Crippen LogP contribution in [0.2, 0.25) is 0 Å². The average molecular weight is 288 g/mol. The van der Waals surface area contributed by atoms with E-state index in [1.807, 2.05) is 0 Å². The molecular formula is C17H21FN2O. The zero-order valence-electron chi connectivity index (χ0n) is 12.7. The summed E-state index contributed by atoms with van der Waals surface area (Å²) in [6, 6.07) is 5.50. The number of rotatable bonds is 2. The minimum absolute atomic E-state index is 0.0771. The number of hydrogen-bond donors (Lipinski definition) is 1. The van der Waals surface area contributed by atoms with Crippen molar-refractivity contribution in [3.8, 4) is 0 Å². The number of nitrogens with one attached hydrogen (secondary N) is 1. The number of carbonyl (C=O) groups is 1. The number of hydrazone groups is 1. The molecule has 2 aliphatic rings. The largest absolute Gasteiger partial charge is 0.271 e. The summed E-state index contributed by atoms with van der Waals surface area (Å²) >= 11 is 0. The zero-order chi connectivity index (χ0) is 15.3. The maximum absolute atomic E-state index is 12.9. The summed E-state index contributed by atoms with van der Waals surface area (Å²) < 4.78 is 12.9. The van der Waals surface area contributed by atoms with Gasteiger partial charge in [0.2, 0.25) is 0 Å². The third-order valence-corrected chi connectivity index (χ3v) is 5.91. The van der Waals surface area contributed by atoms with E-state index in [0.717, 1.165) is 18.6 Å². The van der Waals surface area contributed by atoms with E-state index in [9.17, 15) is 9.18 Å². The smallest absolute Gasteiger partial charge is 0.267 e. The molecule has 2 atom stereocenters. The highest BCUT2D eigenvalue weighted by Gasteiger charge is 2.59. The maximum Gasteiger partial charge on any atom is 0.271 e. The molecular weight excluding hydrogens is 267 g/mol. The first-order chi connectivity index (χ1) is 9.84. The van der Waals surface area contributed by atoms with E-state index < -0.39 is 0 Å². The van der Waals surface area contributed by atoms with Crippen molar-refractivity contribution in [1.82, 2.24) is 5.43 Å². The topological polar surface area (TPSA) is 41.5 Å². The van der Waals surface area contributed by atoms with E-state index in [0.29, 0.717) is 11.5 Å². The van der Waals surface area contributed by atoms with Crippen LogP contribution in [0.25, 0.3) is 0 Å². The van der Waals surface area contributed by atoms with Gasteiger partial charge in [0, 0.05) is 16.7 Å². The number of fused-ring (bicyclic) bond motifs is 2. The summed E-state index contributed by atoms with van der Waals surface area (Å²) in [6.45, 7) is 6.85. The molecule has 1 aromatic rings. The van der Waals surface area contributed by atoms with Gasteiger partial charge in [-0.25, -0.2) is 9.82 Å². The number of benzene rings is 1. The summed E-state index contributed by atoms with van der Waals surface area (Å²) in [5.74, 6) is 0.0240. The van der Waals surface area contributed by atoms with Crippen molar-refractivity contribution in [2.45, 2.75) is 40.0 Å². The first-order valence-corrected chi connectivity index (χ1v) is 7.47. The average Bonchev–Trinajstić information content (AvgIpc) is 2.78. The molecule has 2 saturated carbocycles. The van der Waals surface area contributed by atoms with E-state index in [1.165, 1.54) is 30.7 Å². The molecule has 2 fully saturated rings. The van der Waals surface area contributed by atoms with Gasteiger partial charge in [-0.05, 0) is 54.9 Å². The van der Waals surface area contributed by atoms with Crippen molar-refractivity contribution in [3.63, 3.8) is 0 Å². The highest BCUT2D eigenvalue weighted by Crippen LogP contribution is 2.63. The summed E-state index contributed by atoms with van der Waals surface area (Å²) in [5.41, 5.74) is 4.48. The van der Waals surface area contributed by atoms with Gasteiger partial charge in [0.05, 0.1) is 0 Å². The number of carbonyl (C=O) groups excluding carboxylic acids is 1. The Bertz CT molecular complexity index is 606. The number of amides is 1. The van der Waals surface area contributed by atoms with Gasteiger partial charge < -0.3 is 0 Å². The first-order valence-electron chi connectivity index (χ1n) is 7.47. The van der Waals surface area contributed by atoms with Crippen molar-refractivity contribution in [1.29, 1.82) is 0 Å². The van der Waals surface area contributed by atoms with Crippen LogP contribution in [0.3, 0.4) is 0 Å². The Balaban J connectivity index is 1.76. The SMILES string of the molecule is CC1(C)[C@@H]2CC[C@@]1(C)/C(=N/NC(=O)c1ccc(F)cc1)C2. The predicted molar refractivity (Wildman–Crippen MR) is 80.5 cm³/mol. The minimum atomic E-state index is -0.347. The van der Waals surface area contributed by atoms with Gasteiger partial charge in [-0.1, -0.05) is 20.8 Å². The highest BCUT2D eigenvalue weighted by molar-refractivity contribution is 5.98. The normalized spacial score (nSPS) is 31.6. The molecule has 0 spiro atoms. The Morgan fingerprint density at radius 1 is 1.29 bits per heavy atom. The second-order valence-electron chi connectivity index (χ2n) is 7.00. The van der Waals surface area contributed by atoms with Crippen molar-refractivity contribution in [3.05, 3.63) is 35.6 Å². The lowest BCUT2D eigenvalue weighted by molar-refractivity contribution is 0.0954. The fraction of sp³-hybridized carbons (Fsp3) is 0.529. The summed E-state index contributed by atoms with van der Waals surface area (Å²) in [7, 11) is 0. The minimum Gasteiger partial charge on any atom is -0.267 e. The summed E-state index contributed by atoms with van der Waals surface area (Å²) in [5, 5.41) is 4.40. The molecule has 0 saturated heterocycles. The van der Waals surface area contributed by atoms with E-state index in [2.05, 4.69) is 31.3 Å². The molecule has 0 aromatic heterocycles. The van der Waals surface area contributed by atoms with Gasteiger partial charge in [0.15, 0.2) is 0 Å². The Morgan fingerprint density at radius 2 is 1.95 bits per heavy atom. The Hall–Kier alpha value is -1.71. The zero-order valence-corrected chi connectivity index (χ0v) is 12.7. The monoisotopic (exact) mass is 288 g/mol. The molecule has 0 radical (unpaired) electrons. The molecule has 2 aliphatic carbocycles. The van der Waals surface area contributed by atoms with Crippen LogP contribution >= 0.6 is 0 Å². The summed E-state index contributed by atoms with van der Waals surface area (Å²) in [4.78, 5) is 12.0. The standard InChI is InChI=1S/C17H21FN2O/c1-16(2)12-8-9-17(16,3)14(10-12)19-20-15(21)11-4-6-13(18)7-5-11/h4-7,12H,8-10H2,1-3H3,(H,20,21)/b19-14+/t12-,17+/m1/s1. The van der Waals surface area contributed by atoms with Crippen molar-refractivity contribution >= 4 is 11.6 Å². The molecule has 21 heavy (non-hydrogen) atoms. The number of hydrogen-bond acceptors (Lipinski definition) is 2. The molecule has 0 heterocycles. The second-order valence-corrected chi connectivity index (χ2v) is 7.00. The van der Waals surface area contributed by atoms with E-state index >= 15 is 0 Å². The molecule has 1 aromatic carbocycles. The second kappa shape index (κ2) is 4.65. The highest BCUT2D eigenvalue weighted by atomic mass is 19.1. The first kappa shape index (κ1) is 14.2. The van der Waals surface area contributed by atoms with E-state index in [4.69, 9.17) is 0 Å². The van der Waals surface area contributed by atoms with Gasteiger partial charge >= 0.3 is 0 Å². The third-order valence-electron chi connectivity index (χ3n) is 5.91. The number of nitrogens with zero attached hydrogens (tertiary/aromatic N) is 1. The lowest BCUT2D eigenvalue weighted by atomic mass is 9.70. The molecule has 3 nitrogen and oxygen atoms in total. The molecule has 4 heteroatoms. The lowest BCUT2D eigenvalue weighted by Crippen LogP contribution is -2.34. The van der Waals surface area contributed by atoms with Crippen LogP contribution in [0, 0.1) is 22.6 Å². The molecule has 0 aliphatic heterocycles. The van der Waals surface area contributed by atoms with Crippen LogP contribution < -0.4 is 5.43 Å².